The fraction of sp³-hybridized carbons (Fsp3) is 0.348. The molecule has 12 heteroatoms. The molecule has 0 spiro atoms. The number of hydrogen-bond acceptors (Lipinski definition) is 12. The highest BCUT2D eigenvalue weighted by molar-refractivity contribution is 5.87. The van der Waals surface area contributed by atoms with Crippen molar-refractivity contribution in [1.82, 2.24) is 0 Å². The minimum atomic E-state index is -1.67. The van der Waals surface area contributed by atoms with Crippen LogP contribution in [0.1, 0.15) is 11.1 Å². The summed E-state index contributed by atoms with van der Waals surface area (Å²) in [6.45, 7) is -0.819. The van der Waals surface area contributed by atoms with Crippen LogP contribution in [0.15, 0.2) is 36.4 Å². The van der Waals surface area contributed by atoms with Crippen LogP contribution in [0.25, 0.3) is 6.08 Å². The molecule has 1 aliphatic rings. The van der Waals surface area contributed by atoms with Crippen molar-refractivity contribution in [3.05, 3.63) is 47.5 Å². The Kier molecular flexibility index (Phi) is 8.38. The smallest absolute Gasteiger partial charge is 0.331 e. The molecule has 0 aliphatic carbocycles. The lowest BCUT2D eigenvalue weighted by Gasteiger charge is -2.41. The van der Waals surface area contributed by atoms with Gasteiger partial charge in [0.25, 0.3) is 0 Å². The molecule has 2 aromatic carbocycles. The summed E-state index contributed by atoms with van der Waals surface area (Å²) in [5.41, 5.74) is 0.614. The van der Waals surface area contributed by atoms with E-state index in [1.54, 1.807) is 0 Å². The molecule has 0 radical (unpaired) electrons. The highest BCUT2D eigenvalue weighted by atomic mass is 16.7. The average molecular weight is 494 g/mol. The van der Waals surface area contributed by atoms with Crippen LogP contribution in [0.3, 0.4) is 0 Å². The van der Waals surface area contributed by atoms with Gasteiger partial charge in [-0.05, 0) is 36.3 Å². The minimum Gasteiger partial charge on any atom is -0.508 e. The zero-order valence-corrected chi connectivity index (χ0v) is 18.3. The van der Waals surface area contributed by atoms with E-state index < -0.39 is 54.8 Å². The summed E-state index contributed by atoms with van der Waals surface area (Å²) in [5, 5.41) is 78.0. The minimum absolute atomic E-state index is 0.0438. The van der Waals surface area contributed by atoms with E-state index in [4.69, 9.17) is 14.2 Å². The quantitative estimate of drug-likeness (QED) is 0.104. The van der Waals surface area contributed by atoms with Gasteiger partial charge in [0.1, 0.15) is 24.1 Å². The lowest BCUT2D eigenvalue weighted by molar-refractivity contribution is -0.302. The summed E-state index contributed by atoms with van der Waals surface area (Å²) in [6.07, 6.45) is -5.09. The molecule has 12 nitrogen and oxygen atoms in total. The molecular weight excluding hydrogens is 468 g/mol. The number of esters is 1. The summed E-state index contributed by atoms with van der Waals surface area (Å²) in [4.78, 5) is 12.2. The van der Waals surface area contributed by atoms with Gasteiger partial charge in [0.2, 0.25) is 0 Å². The maximum Gasteiger partial charge on any atom is 0.331 e. The molecule has 5 atom stereocenters. The molecule has 0 aromatic heterocycles. The van der Waals surface area contributed by atoms with E-state index in [1.807, 2.05) is 0 Å². The van der Waals surface area contributed by atoms with Crippen LogP contribution in [0.5, 0.6) is 28.7 Å². The third-order valence-corrected chi connectivity index (χ3v) is 5.31. The van der Waals surface area contributed by atoms with Crippen LogP contribution in [0.4, 0.5) is 0 Å². The Balaban J connectivity index is 1.58. The summed E-state index contributed by atoms with van der Waals surface area (Å²) in [5.74, 6) is -2.87. The first-order chi connectivity index (χ1) is 16.6. The number of phenols is 5. The van der Waals surface area contributed by atoms with Crippen LogP contribution < -0.4 is 0 Å². The number of benzene rings is 2. The third-order valence-electron chi connectivity index (χ3n) is 5.31. The van der Waals surface area contributed by atoms with Crippen molar-refractivity contribution in [3.63, 3.8) is 0 Å². The second-order valence-electron chi connectivity index (χ2n) is 7.78. The SMILES string of the molecule is O=C(/C=C/c1ccc(O)c(O)c1)O[C@H]1[C@H](O)[C@@H](O)[C@H](OCCc2cc(O)c(O)cc2O)O[C@@H]1CO. The molecule has 35 heavy (non-hydrogen) atoms. The van der Waals surface area contributed by atoms with Gasteiger partial charge in [-0.15, -0.1) is 0 Å². The predicted molar refractivity (Wildman–Crippen MR) is 118 cm³/mol. The van der Waals surface area contributed by atoms with E-state index in [9.17, 15) is 45.6 Å². The fourth-order valence-electron chi connectivity index (χ4n) is 3.41. The van der Waals surface area contributed by atoms with Gasteiger partial charge in [-0.25, -0.2) is 4.79 Å². The topological polar surface area (TPSA) is 207 Å². The van der Waals surface area contributed by atoms with E-state index in [0.29, 0.717) is 5.56 Å². The molecule has 0 unspecified atom stereocenters. The van der Waals surface area contributed by atoms with Crippen molar-refractivity contribution in [1.29, 1.82) is 0 Å². The number of carbonyl (C=O) groups excluding carboxylic acids is 1. The molecule has 0 bridgehead atoms. The van der Waals surface area contributed by atoms with Gasteiger partial charge in [-0.2, -0.15) is 0 Å². The first-order valence-electron chi connectivity index (χ1n) is 10.5. The van der Waals surface area contributed by atoms with Crippen molar-refractivity contribution < 1.29 is 59.9 Å². The van der Waals surface area contributed by atoms with Gasteiger partial charge in [-0.1, -0.05) is 6.07 Å². The Labute approximate surface area is 199 Å². The Morgan fingerprint density at radius 1 is 0.914 bits per heavy atom. The number of hydrogen-bond donors (Lipinski definition) is 8. The lowest BCUT2D eigenvalue weighted by Crippen LogP contribution is -2.60. The Hall–Kier alpha value is -3.55. The molecular formula is C23H26O12. The van der Waals surface area contributed by atoms with Crippen molar-refractivity contribution in [2.24, 2.45) is 0 Å². The van der Waals surface area contributed by atoms with Gasteiger partial charge < -0.3 is 55.1 Å². The van der Waals surface area contributed by atoms with Crippen molar-refractivity contribution >= 4 is 12.0 Å². The zero-order valence-electron chi connectivity index (χ0n) is 18.3. The molecule has 190 valence electrons. The maximum atomic E-state index is 12.2. The van der Waals surface area contributed by atoms with Gasteiger partial charge in [0.15, 0.2) is 35.4 Å². The van der Waals surface area contributed by atoms with Gasteiger partial charge >= 0.3 is 5.97 Å². The zero-order chi connectivity index (χ0) is 25.7. The molecule has 1 heterocycles. The van der Waals surface area contributed by atoms with Gasteiger partial charge in [-0.3, -0.25) is 0 Å². The van der Waals surface area contributed by atoms with Crippen LogP contribution in [-0.4, -0.2) is 90.7 Å². The summed E-state index contributed by atoms with van der Waals surface area (Å²) in [6, 6.07) is 5.96. The largest absolute Gasteiger partial charge is 0.508 e. The van der Waals surface area contributed by atoms with Crippen molar-refractivity contribution in [2.45, 2.75) is 37.1 Å². The number of rotatable bonds is 8. The van der Waals surface area contributed by atoms with E-state index >= 15 is 0 Å². The fourth-order valence-corrected chi connectivity index (χ4v) is 3.41. The van der Waals surface area contributed by atoms with Crippen molar-refractivity contribution in [2.75, 3.05) is 13.2 Å². The lowest BCUT2D eigenvalue weighted by atomic mass is 9.99. The normalized spacial score (nSPS) is 24.5. The highest BCUT2D eigenvalue weighted by Gasteiger charge is 2.46. The van der Waals surface area contributed by atoms with E-state index in [0.717, 1.165) is 18.2 Å². The second-order valence-corrected chi connectivity index (χ2v) is 7.78. The van der Waals surface area contributed by atoms with E-state index in [1.165, 1.54) is 24.3 Å². The molecule has 0 saturated carbocycles. The molecule has 8 N–H and O–H groups in total. The monoisotopic (exact) mass is 494 g/mol. The van der Waals surface area contributed by atoms with Crippen LogP contribution >= 0.6 is 0 Å². The molecule has 0 amide bonds. The molecule has 3 rings (SSSR count). The van der Waals surface area contributed by atoms with Crippen molar-refractivity contribution in [3.8, 4) is 28.7 Å². The van der Waals surface area contributed by atoms with Crippen LogP contribution in [0.2, 0.25) is 0 Å². The molecule has 2 aromatic rings. The van der Waals surface area contributed by atoms with Crippen LogP contribution in [-0.2, 0) is 25.4 Å². The number of aromatic hydroxyl groups is 5. The standard InChI is InChI=1S/C23H26O12/c24-10-18-22(35-19(30)4-2-11-1-3-13(25)15(27)7-11)20(31)21(32)23(34-18)33-6-5-12-8-16(28)17(29)9-14(12)26/h1-4,7-9,18,20-29,31-32H,5-6,10H2/b4-2+/t18-,20-,21-,22-,23-/m1/s1. The molecule has 1 fully saturated rings. The van der Waals surface area contributed by atoms with Crippen LogP contribution in [0, 0.1) is 0 Å². The molecule has 1 saturated heterocycles. The number of ether oxygens (including phenoxy) is 3. The first-order valence-corrected chi connectivity index (χ1v) is 10.5. The van der Waals surface area contributed by atoms with E-state index in [2.05, 4.69) is 0 Å². The summed E-state index contributed by atoms with van der Waals surface area (Å²) >= 11 is 0. The summed E-state index contributed by atoms with van der Waals surface area (Å²) < 4.78 is 16.0. The third kappa shape index (κ3) is 6.32. The Morgan fingerprint density at radius 3 is 2.29 bits per heavy atom. The number of carbonyl (C=O) groups is 1. The predicted octanol–water partition coefficient (Wildman–Crippen LogP) is -0.162. The second kappa shape index (κ2) is 11.3. The Bertz CT molecular complexity index is 1070. The Morgan fingerprint density at radius 2 is 1.60 bits per heavy atom. The maximum absolute atomic E-state index is 12.2. The summed E-state index contributed by atoms with van der Waals surface area (Å²) in [7, 11) is 0. The first kappa shape index (κ1) is 26.1. The average Bonchev–Trinajstić information content (AvgIpc) is 2.82. The highest BCUT2D eigenvalue weighted by Crippen LogP contribution is 2.33. The number of aliphatic hydroxyl groups is 3. The number of phenolic OH excluding ortho intramolecular Hbond substituents is 5. The van der Waals surface area contributed by atoms with Gasteiger partial charge in [0, 0.05) is 17.7 Å². The molecule has 1 aliphatic heterocycles. The van der Waals surface area contributed by atoms with Gasteiger partial charge in [0.05, 0.1) is 13.2 Å². The number of aliphatic hydroxyl groups excluding tert-OH is 3. The van der Waals surface area contributed by atoms with E-state index in [-0.39, 0.29) is 35.8 Å².